The molecule has 204 valence electrons. The number of halogens is 2. The Labute approximate surface area is 220 Å². The number of carbonyl (C=O) groups excluding carboxylic acids is 1. The van der Waals surface area contributed by atoms with Gasteiger partial charge in [0.05, 0.1) is 11.5 Å². The predicted octanol–water partition coefficient (Wildman–Crippen LogP) is 4.18. The first-order valence-electron chi connectivity index (χ1n) is 12.7. The minimum absolute atomic E-state index is 0.0384. The van der Waals surface area contributed by atoms with Crippen molar-refractivity contribution in [2.45, 2.75) is 48.3 Å². The Balaban J connectivity index is 1.18. The molecule has 38 heavy (non-hydrogen) atoms. The molecule has 3 aliphatic rings. The molecule has 0 unspecified atom stereocenters. The van der Waals surface area contributed by atoms with Crippen molar-refractivity contribution in [2.24, 2.45) is 5.18 Å². The number of fused-ring (bicyclic) bond motifs is 2. The molecule has 2 aliphatic heterocycles. The van der Waals surface area contributed by atoms with E-state index in [1.165, 1.54) is 18.4 Å². The van der Waals surface area contributed by atoms with Gasteiger partial charge in [0.25, 0.3) is 6.43 Å². The van der Waals surface area contributed by atoms with Crippen LogP contribution in [0.25, 0.3) is 0 Å². The monoisotopic (exact) mass is 547 g/mol. The van der Waals surface area contributed by atoms with Gasteiger partial charge in [0, 0.05) is 31.1 Å². The summed E-state index contributed by atoms with van der Waals surface area (Å²) in [6.07, 6.45) is 0.0924. The second kappa shape index (κ2) is 9.68. The van der Waals surface area contributed by atoms with Crippen molar-refractivity contribution in [3.8, 4) is 5.75 Å². The number of sulfone groups is 1. The molecule has 1 aliphatic carbocycles. The molecule has 2 fully saturated rings. The zero-order valence-corrected chi connectivity index (χ0v) is 22.2. The zero-order valence-electron chi connectivity index (χ0n) is 21.4. The Bertz CT molecular complexity index is 1330. The quantitative estimate of drug-likeness (QED) is 0.460. The lowest BCUT2D eigenvalue weighted by Gasteiger charge is -2.43. The number of hydrogen-bond acceptors (Lipinski definition) is 7. The van der Waals surface area contributed by atoms with Crippen molar-refractivity contribution < 1.29 is 26.7 Å². The maximum Gasteiger partial charge on any atom is 0.263 e. The molecule has 1 saturated carbocycles. The Hall–Kier alpha value is -2.92. The Kier molecular flexibility index (Phi) is 6.79. The van der Waals surface area contributed by atoms with Gasteiger partial charge in [-0.15, -0.1) is 0 Å². The molecule has 8 nitrogen and oxygen atoms in total. The normalized spacial score (nSPS) is 24.9. The molecule has 2 heterocycles. The largest absolute Gasteiger partial charge is 0.492 e. The van der Waals surface area contributed by atoms with Gasteiger partial charge in [0.2, 0.25) is 5.91 Å². The summed E-state index contributed by atoms with van der Waals surface area (Å²) in [6.45, 7) is 2.32. The van der Waals surface area contributed by atoms with E-state index in [0.717, 1.165) is 0 Å². The topological polar surface area (TPSA) is 96.3 Å². The first-order valence-corrected chi connectivity index (χ1v) is 14.6. The molecule has 1 amide bonds. The van der Waals surface area contributed by atoms with Crippen LogP contribution in [0, 0.1) is 4.91 Å². The predicted molar refractivity (Wildman–Crippen MR) is 139 cm³/mol. The SMILES string of the molecule is CN1C(=O)C2(CCN(CCOc3ccc(C4(S(C)(=O)=O)CC(N=O)C4)cc3)CC2)c2cc(C(F)F)ccc21. The number of anilines is 1. The van der Waals surface area contributed by atoms with Gasteiger partial charge in [0.15, 0.2) is 9.84 Å². The fraction of sp³-hybridized carbons (Fsp3) is 0.519. The Morgan fingerprint density at radius 1 is 1.11 bits per heavy atom. The molecule has 2 aromatic rings. The molecule has 1 saturated heterocycles. The maximum absolute atomic E-state index is 13.3. The van der Waals surface area contributed by atoms with Gasteiger partial charge in [-0.25, -0.2) is 17.2 Å². The highest BCUT2D eigenvalue weighted by Gasteiger charge is 2.54. The molecular formula is C27H31F2N3O5S. The number of carbonyl (C=O) groups is 1. The summed E-state index contributed by atoms with van der Waals surface area (Å²) >= 11 is 0. The Morgan fingerprint density at radius 3 is 2.34 bits per heavy atom. The minimum atomic E-state index is -3.42. The van der Waals surface area contributed by atoms with Gasteiger partial charge in [-0.1, -0.05) is 23.4 Å². The number of nitroso groups, excluding NO2 is 1. The Morgan fingerprint density at radius 2 is 1.76 bits per heavy atom. The van der Waals surface area contributed by atoms with Crippen LogP contribution in [0.1, 0.15) is 48.8 Å². The number of likely N-dealkylation sites (N-methyl/N-ethyl adjacent to an activating group) is 1. The summed E-state index contributed by atoms with van der Waals surface area (Å²) in [5.41, 5.74) is 1.21. The lowest BCUT2D eigenvalue weighted by atomic mass is 9.73. The molecule has 0 N–H and O–H groups in total. The van der Waals surface area contributed by atoms with Gasteiger partial charge in [-0.2, -0.15) is 4.91 Å². The van der Waals surface area contributed by atoms with Crippen LogP contribution >= 0.6 is 0 Å². The number of benzene rings is 2. The number of likely N-dealkylation sites (tertiary alicyclic amines) is 1. The van der Waals surface area contributed by atoms with Gasteiger partial charge in [0.1, 0.15) is 17.1 Å². The summed E-state index contributed by atoms with van der Waals surface area (Å²) in [7, 11) is -1.72. The molecule has 0 aromatic heterocycles. The first kappa shape index (κ1) is 26.7. The molecular weight excluding hydrogens is 516 g/mol. The smallest absolute Gasteiger partial charge is 0.263 e. The van der Waals surface area contributed by atoms with Crippen molar-refractivity contribution in [2.75, 3.05) is 44.4 Å². The molecule has 5 rings (SSSR count). The fourth-order valence-corrected chi connectivity index (χ4v) is 7.78. The molecule has 1 spiro atoms. The maximum atomic E-state index is 13.3. The third-order valence-corrected chi connectivity index (χ3v) is 10.6. The lowest BCUT2D eigenvalue weighted by molar-refractivity contribution is -0.124. The van der Waals surface area contributed by atoms with Crippen LogP contribution in [0.5, 0.6) is 5.75 Å². The van der Waals surface area contributed by atoms with E-state index < -0.39 is 32.5 Å². The van der Waals surface area contributed by atoms with E-state index in [4.69, 9.17) is 4.74 Å². The van der Waals surface area contributed by atoms with Gasteiger partial charge >= 0.3 is 0 Å². The van der Waals surface area contributed by atoms with Crippen LogP contribution in [-0.2, 0) is 24.8 Å². The highest BCUT2D eigenvalue weighted by atomic mass is 32.2. The van der Waals surface area contributed by atoms with Crippen molar-refractivity contribution in [1.29, 1.82) is 0 Å². The second-order valence-electron chi connectivity index (χ2n) is 10.7. The average Bonchev–Trinajstić information content (AvgIpc) is 3.06. The van der Waals surface area contributed by atoms with E-state index in [-0.39, 0.29) is 24.3 Å². The molecule has 2 aromatic carbocycles. The van der Waals surface area contributed by atoms with E-state index in [0.29, 0.717) is 61.6 Å². The van der Waals surface area contributed by atoms with E-state index in [9.17, 15) is 26.9 Å². The highest BCUT2D eigenvalue weighted by Crippen LogP contribution is 2.50. The zero-order chi connectivity index (χ0) is 27.3. The number of rotatable bonds is 8. The van der Waals surface area contributed by atoms with Crippen LogP contribution in [0.4, 0.5) is 14.5 Å². The van der Waals surface area contributed by atoms with Gasteiger partial charge in [-0.3, -0.25) is 9.69 Å². The van der Waals surface area contributed by atoms with E-state index >= 15 is 0 Å². The summed E-state index contributed by atoms with van der Waals surface area (Å²) in [5, 5.41) is 2.99. The van der Waals surface area contributed by atoms with E-state index in [1.807, 2.05) is 0 Å². The van der Waals surface area contributed by atoms with Crippen molar-refractivity contribution >= 4 is 21.4 Å². The highest BCUT2D eigenvalue weighted by molar-refractivity contribution is 7.91. The van der Waals surface area contributed by atoms with Crippen LogP contribution < -0.4 is 9.64 Å². The first-order chi connectivity index (χ1) is 18.0. The number of piperidine rings is 1. The number of ether oxygens (including phenoxy) is 1. The van der Waals surface area contributed by atoms with Crippen LogP contribution in [0.15, 0.2) is 47.6 Å². The molecule has 0 radical (unpaired) electrons. The standard InChI is InChI=1S/C27H31F2N3O5S/c1-31-23-8-3-18(24(28)29)15-22(23)26(25(31)33)9-11-32(12-10-26)13-14-37-21-6-4-19(5-7-21)27(38(2,35)36)16-20(17-27)30-34/h3-8,15,20,24H,9-14,16-17H2,1-2H3. The van der Waals surface area contributed by atoms with Crippen molar-refractivity contribution in [3.63, 3.8) is 0 Å². The summed E-state index contributed by atoms with van der Waals surface area (Å²) in [6, 6.07) is 11.0. The summed E-state index contributed by atoms with van der Waals surface area (Å²) in [5.74, 6) is 0.569. The van der Waals surface area contributed by atoms with Gasteiger partial charge < -0.3 is 9.64 Å². The molecule has 0 atom stereocenters. The van der Waals surface area contributed by atoms with Gasteiger partial charge in [-0.05, 0) is 74.2 Å². The fourth-order valence-electron chi connectivity index (χ4n) is 6.23. The second-order valence-corrected chi connectivity index (χ2v) is 13.0. The number of nitrogens with zero attached hydrogens (tertiary/aromatic N) is 3. The summed E-state index contributed by atoms with van der Waals surface area (Å²) in [4.78, 5) is 27.8. The lowest BCUT2D eigenvalue weighted by Crippen LogP contribution is -2.49. The van der Waals surface area contributed by atoms with E-state index in [2.05, 4.69) is 10.1 Å². The number of amides is 1. The number of hydrogen-bond donors (Lipinski definition) is 0. The van der Waals surface area contributed by atoms with Crippen LogP contribution in [0.3, 0.4) is 0 Å². The minimum Gasteiger partial charge on any atom is -0.492 e. The van der Waals surface area contributed by atoms with Crippen molar-refractivity contribution in [1.82, 2.24) is 4.90 Å². The number of alkyl halides is 2. The van der Waals surface area contributed by atoms with E-state index in [1.54, 1.807) is 42.3 Å². The third kappa shape index (κ3) is 4.29. The molecule has 11 heteroatoms. The summed E-state index contributed by atoms with van der Waals surface area (Å²) < 4.78 is 56.4. The third-order valence-electron chi connectivity index (χ3n) is 8.62. The molecule has 0 bridgehead atoms. The average molecular weight is 548 g/mol. The van der Waals surface area contributed by atoms with Crippen LogP contribution in [0.2, 0.25) is 0 Å². The van der Waals surface area contributed by atoms with Crippen LogP contribution in [-0.4, -0.2) is 64.8 Å². The van der Waals surface area contributed by atoms with Crippen molar-refractivity contribution in [3.05, 3.63) is 64.1 Å².